The normalized spacial score (nSPS) is 18.2. The summed E-state index contributed by atoms with van der Waals surface area (Å²) in [6, 6.07) is 8.10. The van der Waals surface area contributed by atoms with Crippen LogP contribution >= 0.6 is 0 Å². The van der Waals surface area contributed by atoms with Crippen LogP contribution in [-0.2, 0) is 11.3 Å². The Balaban J connectivity index is 1.57. The zero-order valence-corrected chi connectivity index (χ0v) is 13.9. The largest absolute Gasteiger partial charge is 0.373 e. The molecule has 1 saturated heterocycles. The van der Waals surface area contributed by atoms with Gasteiger partial charge in [0.15, 0.2) is 0 Å². The van der Waals surface area contributed by atoms with Crippen molar-refractivity contribution in [3.05, 3.63) is 42.2 Å². The van der Waals surface area contributed by atoms with E-state index in [0.29, 0.717) is 13.2 Å². The molecule has 1 aliphatic rings. The standard InChI is InChI=1S/C17H20N6O/c1-12-20-13(2)23(21-12)10-14-9-22(7-8-24-14)17-15-5-3-4-6-16(15)18-11-19-17/h3-6,11,14H,7-10H2,1-2H3/t14-/m1/s1. The molecule has 1 aromatic carbocycles. The van der Waals surface area contributed by atoms with Crippen molar-refractivity contribution >= 4 is 16.7 Å². The summed E-state index contributed by atoms with van der Waals surface area (Å²) in [7, 11) is 0. The van der Waals surface area contributed by atoms with Gasteiger partial charge in [-0.1, -0.05) is 12.1 Å². The minimum atomic E-state index is 0.0623. The third kappa shape index (κ3) is 2.82. The molecule has 7 heteroatoms. The molecule has 0 radical (unpaired) electrons. The van der Waals surface area contributed by atoms with Crippen molar-refractivity contribution in [2.45, 2.75) is 26.5 Å². The van der Waals surface area contributed by atoms with Crippen molar-refractivity contribution in [2.24, 2.45) is 0 Å². The van der Waals surface area contributed by atoms with Gasteiger partial charge in [0.2, 0.25) is 0 Å². The first-order valence-electron chi connectivity index (χ1n) is 8.15. The summed E-state index contributed by atoms with van der Waals surface area (Å²) in [6.45, 7) is 6.86. The molecule has 3 aromatic rings. The van der Waals surface area contributed by atoms with Crippen molar-refractivity contribution in [3.63, 3.8) is 0 Å². The zero-order valence-electron chi connectivity index (χ0n) is 13.9. The Morgan fingerprint density at radius 2 is 2.08 bits per heavy atom. The first-order chi connectivity index (χ1) is 11.7. The van der Waals surface area contributed by atoms with Gasteiger partial charge in [-0.15, -0.1) is 0 Å². The van der Waals surface area contributed by atoms with E-state index in [1.54, 1.807) is 6.33 Å². The van der Waals surface area contributed by atoms with E-state index in [-0.39, 0.29) is 6.10 Å². The molecule has 0 bridgehead atoms. The lowest BCUT2D eigenvalue weighted by Crippen LogP contribution is -2.45. The fourth-order valence-electron chi connectivity index (χ4n) is 3.19. The number of benzene rings is 1. The maximum atomic E-state index is 5.94. The van der Waals surface area contributed by atoms with Crippen LogP contribution in [0.2, 0.25) is 0 Å². The molecule has 0 amide bonds. The Bertz CT molecular complexity index is 856. The van der Waals surface area contributed by atoms with Gasteiger partial charge in [0, 0.05) is 18.5 Å². The number of anilines is 1. The van der Waals surface area contributed by atoms with Crippen LogP contribution in [0.15, 0.2) is 30.6 Å². The number of fused-ring (bicyclic) bond motifs is 1. The summed E-state index contributed by atoms with van der Waals surface area (Å²) in [5.74, 6) is 2.68. The second kappa shape index (κ2) is 6.16. The zero-order chi connectivity index (χ0) is 16.5. The Morgan fingerprint density at radius 1 is 1.21 bits per heavy atom. The van der Waals surface area contributed by atoms with E-state index in [0.717, 1.165) is 41.5 Å². The summed E-state index contributed by atoms with van der Waals surface area (Å²) in [4.78, 5) is 15.5. The van der Waals surface area contributed by atoms with Gasteiger partial charge in [-0.2, -0.15) is 5.10 Å². The Morgan fingerprint density at radius 3 is 2.92 bits per heavy atom. The maximum absolute atomic E-state index is 5.94. The van der Waals surface area contributed by atoms with Crippen LogP contribution in [0.25, 0.3) is 10.9 Å². The third-order valence-corrected chi connectivity index (χ3v) is 4.30. The van der Waals surface area contributed by atoms with Crippen molar-refractivity contribution in [2.75, 3.05) is 24.6 Å². The molecule has 0 N–H and O–H groups in total. The lowest BCUT2D eigenvalue weighted by Gasteiger charge is -2.34. The Labute approximate surface area is 140 Å². The molecule has 2 aromatic heterocycles. The predicted octanol–water partition coefficient (Wildman–Crippen LogP) is 1.74. The molecule has 1 fully saturated rings. The average Bonchev–Trinajstić information content (AvgIpc) is 2.92. The summed E-state index contributed by atoms with van der Waals surface area (Å²) >= 11 is 0. The van der Waals surface area contributed by atoms with E-state index >= 15 is 0 Å². The van der Waals surface area contributed by atoms with Gasteiger partial charge in [-0.3, -0.25) is 0 Å². The molecule has 0 spiro atoms. The van der Waals surface area contributed by atoms with Crippen molar-refractivity contribution in [1.82, 2.24) is 24.7 Å². The molecule has 24 heavy (non-hydrogen) atoms. The van der Waals surface area contributed by atoms with Gasteiger partial charge < -0.3 is 9.64 Å². The lowest BCUT2D eigenvalue weighted by atomic mass is 10.2. The van der Waals surface area contributed by atoms with E-state index in [1.165, 1.54) is 0 Å². The fraction of sp³-hybridized carbons (Fsp3) is 0.412. The summed E-state index contributed by atoms with van der Waals surface area (Å²) < 4.78 is 7.85. The molecule has 1 atom stereocenters. The highest BCUT2D eigenvalue weighted by molar-refractivity contribution is 5.89. The number of hydrogen-bond donors (Lipinski definition) is 0. The molecular weight excluding hydrogens is 304 g/mol. The Hall–Kier alpha value is -2.54. The van der Waals surface area contributed by atoms with Crippen LogP contribution in [0.5, 0.6) is 0 Å². The first kappa shape index (κ1) is 15.0. The van der Waals surface area contributed by atoms with Gasteiger partial charge in [-0.05, 0) is 26.0 Å². The molecule has 0 aliphatic carbocycles. The Kier molecular flexibility index (Phi) is 3.86. The van der Waals surface area contributed by atoms with Crippen LogP contribution in [0.3, 0.4) is 0 Å². The molecule has 0 unspecified atom stereocenters. The average molecular weight is 324 g/mol. The topological polar surface area (TPSA) is 69.0 Å². The SMILES string of the molecule is Cc1nc(C)n(C[C@H]2CN(c3ncnc4ccccc34)CCO2)n1. The number of hydrogen-bond acceptors (Lipinski definition) is 6. The summed E-state index contributed by atoms with van der Waals surface area (Å²) in [5.41, 5.74) is 0.966. The smallest absolute Gasteiger partial charge is 0.147 e. The van der Waals surface area contributed by atoms with Crippen molar-refractivity contribution < 1.29 is 4.74 Å². The highest BCUT2D eigenvalue weighted by atomic mass is 16.5. The fourth-order valence-corrected chi connectivity index (χ4v) is 3.19. The van der Waals surface area contributed by atoms with E-state index < -0.39 is 0 Å². The molecule has 1 aliphatic heterocycles. The van der Waals surface area contributed by atoms with Crippen LogP contribution < -0.4 is 4.90 Å². The van der Waals surface area contributed by atoms with Crippen LogP contribution in [0.4, 0.5) is 5.82 Å². The van der Waals surface area contributed by atoms with Gasteiger partial charge in [0.25, 0.3) is 0 Å². The molecule has 0 saturated carbocycles. The lowest BCUT2D eigenvalue weighted by molar-refractivity contribution is 0.0268. The number of morpholine rings is 1. The van der Waals surface area contributed by atoms with Gasteiger partial charge in [0.1, 0.15) is 23.8 Å². The van der Waals surface area contributed by atoms with E-state index in [2.05, 4.69) is 31.0 Å². The molecule has 3 heterocycles. The van der Waals surface area contributed by atoms with E-state index in [4.69, 9.17) is 4.74 Å². The highest BCUT2D eigenvalue weighted by Crippen LogP contribution is 2.24. The van der Waals surface area contributed by atoms with E-state index in [1.807, 2.05) is 36.7 Å². The summed E-state index contributed by atoms with van der Waals surface area (Å²) in [5, 5.41) is 5.51. The molecular formula is C17H20N6O. The number of ether oxygens (including phenoxy) is 1. The molecule has 124 valence electrons. The first-order valence-corrected chi connectivity index (χ1v) is 8.15. The quantitative estimate of drug-likeness (QED) is 0.731. The monoisotopic (exact) mass is 324 g/mol. The second-order valence-corrected chi connectivity index (χ2v) is 6.04. The minimum Gasteiger partial charge on any atom is -0.373 e. The maximum Gasteiger partial charge on any atom is 0.147 e. The molecule has 7 nitrogen and oxygen atoms in total. The van der Waals surface area contributed by atoms with E-state index in [9.17, 15) is 0 Å². The highest BCUT2D eigenvalue weighted by Gasteiger charge is 2.24. The predicted molar refractivity (Wildman–Crippen MR) is 91.0 cm³/mol. The van der Waals surface area contributed by atoms with Gasteiger partial charge in [0.05, 0.1) is 24.8 Å². The van der Waals surface area contributed by atoms with Crippen LogP contribution in [0, 0.1) is 13.8 Å². The minimum absolute atomic E-state index is 0.0623. The van der Waals surface area contributed by atoms with Crippen molar-refractivity contribution in [3.8, 4) is 0 Å². The number of aryl methyl sites for hydroxylation is 2. The number of nitrogens with zero attached hydrogens (tertiary/aromatic N) is 6. The van der Waals surface area contributed by atoms with Gasteiger partial charge in [-0.25, -0.2) is 19.6 Å². The number of para-hydroxylation sites is 1. The summed E-state index contributed by atoms with van der Waals surface area (Å²) in [6.07, 6.45) is 1.69. The van der Waals surface area contributed by atoms with Crippen LogP contribution in [-0.4, -0.2) is 50.5 Å². The van der Waals surface area contributed by atoms with Crippen LogP contribution in [0.1, 0.15) is 11.6 Å². The molecule has 4 rings (SSSR count). The van der Waals surface area contributed by atoms with Crippen molar-refractivity contribution in [1.29, 1.82) is 0 Å². The number of aromatic nitrogens is 5. The third-order valence-electron chi connectivity index (χ3n) is 4.30. The second-order valence-electron chi connectivity index (χ2n) is 6.04. The number of rotatable bonds is 3. The van der Waals surface area contributed by atoms with Gasteiger partial charge >= 0.3 is 0 Å².